The van der Waals surface area contributed by atoms with Gasteiger partial charge in [-0.3, -0.25) is 0 Å². The first-order valence-electron chi connectivity index (χ1n) is 4.52. The van der Waals surface area contributed by atoms with Gasteiger partial charge in [-0.05, 0) is 36.6 Å². The Balaban J connectivity index is 2.74. The standard InChI is InChI=1S/C11H13NO/c1-8-4-3-5-9-6-7-10(13-2)12-11(8)9/h5-7H,3-4H2,1-2H3. The number of ether oxygens (including phenoxy) is 1. The molecule has 1 aliphatic carbocycles. The lowest BCUT2D eigenvalue weighted by Crippen LogP contribution is -2.32. The van der Waals surface area contributed by atoms with Gasteiger partial charge >= 0.3 is 0 Å². The van der Waals surface area contributed by atoms with Crippen LogP contribution in [0.5, 0.6) is 5.88 Å². The van der Waals surface area contributed by atoms with E-state index in [-0.39, 0.29) is 0 Å². The molecule has 0 fully saturated rings. The zero-order valence-corrected chi connectivity index (χ0v) is 8.00. The summed E-state index contributed by atoms with van der Waals surface area (Å²) < 4.78 is 5.09. The second-order valence-corrected chi connectivity index (χ2v) is 3.31. The van der Waals surface area contributed by atoms with Crippen LogP contribution in [0.15, 0.2) is 12.1 Å². The van der Waals surface area contributed by atoms with Gasteiger partial charge in [0, 0.05) is 6.07 Å². The summed E-state index contributed by atoms with van der Waals surface area (Å²) in [5.74, 6) is 0.702. The molecule has 0 bridgehead atoms. The minimum Gasteiger partial charge on any atom is -0.481 e. The Bertz CT molecular complexity index is 434. The third-order valence-electron chi connectivity index (χ3n) is 2.40. The van der Waals surface area contributed by atoms with Gasteiger partial charge in [0.25, 0.3) is 0 Å². The van der Waals surface area contributed by atoms with Crippen molar-refractivity contribution in [1.29, 1.82) is 0 Å². The van der Waals surface area contributed by atoms with Crippen molar-refractivity contribution in [2.45, 2.75) is 19.8 Å². The van der Waals surface area contributed by atoms with E-state index < -0.39 is 0 Å². The van der Waals surface area contributed by atoms with Gasteiger partial charge in [-0.25, -0.2) is 4.98 Å². The van der Waals surface area contributed by atoms with Gasteiger partial charge in [0.05, 0.1) is 12.5 Å². The molecule has 0 saturated carbocycles. The minimum atomic E-state index is 0.702. The van der Waals surface area contributed by atoms with Crippen LogP contribution in [0.1, 0.15) is 19.8 Å². The lowest BCUT2D eigenvalue weighted by molar-refractivity contribution is 0.396. The van der Waals surface area contributed by atoms with Gasteiger partial charge in [-0.15, -0.1) is 0 Å². The minimum absolute atomic E-state index is 0.702. The summed E-state index contributed by atoms with van der Waals surface area (Å²) in [5, 5.41) is 2.34. The fourth-order valence-corrected chi connectivity index (χ4v) is 1.63. The van der Waals surface area contributed by atoms with Crippen LogP contribution in [0.2, 0.25) is 0 Å². The smallest absolute Gasteiger partial charge is 0.213 e. The Morgan fingerprint density at radius 1 is 1.38 bits per heavy atom. The van der Waals surface area contributed by atoms with E-state index >= 15 is 0 Å². The number of aromatic nitrogens is 1. The molecule has 0 saturated heterocycles. The Kier molecular flexibility index (Phi) is 2.05. The normalized spacial score (nSPS) is 14.8. The van der Waals surface area contributed by atoms with E-state index in [1.807, 2.05) is 6.07 Å². The first kappa shape index (κ1) is 8.30. The monoisotopic (exact) mass is 175 g/mol. The van der Waals surface area contributed by atoms with Crippen molar-refractivity contribution >= 4 is 11.6 Å². The van der Waals surface area contributed by atoms with Crippen molar-refractivity contribution in [1.82, 2.24) is 4.98 Å². The Morgan fingerprint density at radius 3 is 3.00 bits per heavy atom. The molecule has 68 valence electrons. The number of hydrogen-bond acceptors (Lipinski definition) is 2. The van der Waals surface area contributed by atoms with Crippen molar-refractivity contribution in [3.63, 3.8) is 0 Å². The molecule has 0 atom stereocenters. The number of nitrogens with zero attached hydrogens (tertiary/aromatic N) is 1. The highest BCUT2D eigenvalue weighted by atomic mass is 16.5. The molecule has 1 aliphatic rings. The van der Waals surface area contributed by atoms with E-state index in [1.165, 1.54) is 10.8 Å². The number of fused-ring (bicyclic) bond motifs is 1. The van der Waals surface area contributed by atoms with Crippen molar-refractivity contribution in [3.05, 3.63) is 22.7 Å². The summed E-state index contributed by atoms with van der Waals surface area (Å²) in [4.78, 5) is 4.42. The Morgan fingerprint density at radius 2 is 2.23 bits per heavy atom. The van der Waals surface area contributed by atoms with Gasteiger partial charge < -0.3 is 4.74 Å². The number of hydrogen-bond donors (Lipinski definition) is 0. The zero-order valence-electron chi connectivity index (χ0n) is 8.00. The largest absolute Gasteiger partial charge is 0.481 e. The molecule has 0 spiro atoms. The third-order valence-corrected chi connectivity index (χ3v) is 2.40. The van der Waals surface area contributed by atoms with Crippen molar-refractivity contribution < 1.29 is 4.74 Å². The summed E-state index contributed by atoms with van der Waals surface area (Å²) >= 11 is 0. The van der Waals surface area contributed by atoms with E-state index in [4.69, 9.17) is 4.74 Å². The second-order valence-electron chi connectivity index (χ2n) is 3.31. The van der Waals surface area contributed by atoms with Crippen LogP contribution in [0.3, 0.4) is 0 Å². The highest BCUT2D eigenvalue weighted by Gasteiger charge is 2.01. The van der Waals surface area contributed by atoms with Gasteiger partial charge in [0.2, 0.25) is 5.88 Å². The Labute approximate surface area is 77.6 Å². The van der Waals surface area contributed by atoms with Crippen LogP contribution in [-0.2, 0) is 0 Å². The molecular weight excluding hydrogens is 162 g/mol. The maximum absolute atomic E-state index is 5.09. The molecule has 0 aliphatic heterocycles. The van der Waals surface area contributed by atoms with Crippen LogP contribution >= 0.6 is 0 Å². The van der Waals surface area contributed by atoms with Crippen LogP contribution in [0.25, 0.3) is 11.6 Å². The number of rotatable bonds is 1. The van der Waals surface area contributed by atoms with Crippen molar-refractivity contribution in [3.8, 4) is 5.88 Å². The fraction of sp³-hybridized carbons (Fsp3) is 0.364. The predicted octanol–water partition coefficient (Wildman–Crippen LogP) is 0.835. The number of methoxy groups -OCH3 is 1. The highest BCUT2D eigenvalue weighted by molar-refractivity contribution is 5.47. The molecule has 0 amide bonds. The molecule has 2 rings (SSSR count). The molecular formula is C11H13NO. The van der Waals surface area contributed by atoms with E-state index in [9.17, 15) is 0 Å². The van der Waals surface area contributed by atoms with Crippen LogP contribution in [0, 0.1) is 0 Å². The topological polar surface area (TPSA) is 22.1 Å². The highest BCUT2D eigenvalue weighted by Crippen LogP contribution is 2.06. The van der Waals surface area contributed by atoms with Crippen LogP contribution in [0.4, 0.5) is 0 Å². The first-order valence-corrected chi connectivity index (χ1v) is 4.52. The van der Waals surface area contributed by atoms with Gasteiger partial charge in [0.1, 0.15) is 0 Å². The summed E-state index contributed by atoms with van der Waals surface area (Å²) in [7, 11) is 1.65. The fourth-order valence-electron chi connectivity index (χ4n) is 1.63. The van der Waals surface area contributed by atoms with Gasteiger partial charge in [-0.1, -0.05) is 6.08 Å². The van der Waals surface area contributed by atoms with E-state index in [0.717, 1.165) is 18.2 Å². The molecule has 0 N–H and O–H groups in total. The molecule has 0 radical (unpaired) electrons. The number of pyridine rings is 1. The summed E-state index contributed by atoms with van der Waals surface area (Å²) in [6, 6.07) is 3.98. The van der Waals surface area contributed by atoms with E-state index in [0.29, 0.717) is 5.88 Å². The van der Waals surface area contributed by atoms with E-state index in [1.54, 1.807) is 7.11 Å². The Hall–Kier alpha value is -1.31. The summed E-state index contributed by atoms with van der Waals surface area (Å²) in [6.45, 7) is 2.14. The zero-order chi connectivity index (χ0) is 9.26. The van der Waals surface area contributed by atoms with Crippen LogP contribution in [-0.4, -0.2) is 12.1 Å². The molecule has 0 aromatic carbocycles. The average molecular weight is 175 g/mol. The second kappa shape index (κ2) is 3.21. The summed E-state index contributed by atoms with van der Waals surface area (Å²) in [5.41, 5.74) is 1.36. The molecule has 1 heterocycles. The third kappa shape index (κ3) is 1.44. The maximum atomic E-state index is 5.09. The van der Waals surface area contributed by atoms with E-state index in [2.05, 4.69) is 24.1 Å². The van der Waals surface area contributed by atoms with Gasteiger partial charge in [0.15, 0.2) is 0 Å². The van der Waals surface area contributed by atoms with Gasteiger partial charge in [-0.2, -0.15) is 0 Å². The molecule has 0 unspecified atom stereocenters. The first-order chi connectivity index (χ1) is 6.31. The molecule has 13 heavy (non-hydrogen) atoms. The summed E-state index contributed by atoms with van der Waals surface area (Å²) in [6.07, 6.45) is 4.48. The van der Waals surface area contributed by atoms with Crippen molar-refractivity contribution in [2.75, 3.05) is 7.11 Å². The molecule has 2 heteroatoms. The SMILES string of the molecule is COc1ccc2c(n1)=C(C)CCC=2. The molecule has 2 nitrogen and oxygen atoms in total. The molecule has 1 aromatic heterocycles. The molecule has 1 aromatic rings. The lowest BCUT2D eigenvalue weighted by atomic mass is 10.1. The lowest BCUT2D eigenvalue weighted by Gasteiger charge is -2.06. The average Bonchev–Trinajstić information content (AvgIpc) is 2.18. The maximum Gasteiger partial charge on any atom is 0.213 e. The van der Waals surface area contributed by atoms with Crippen LogP contribution < -0.4 is 15.3 Å². The quantitative estimate of drug-likeness (QED) is 0.631. The predicted molar refractivity (Wildman–Crippen MR) is 52.8 cm³/mol. The van der Waals surface area contributed by atoms with Crippen molar-refractivity contribution in [2.24, 2.45) is 0 Å².